The van der Waals surface area contributed by atoms with E-state index < -0.39 is 36.6 Å². The summed E-state index contributed by atoms with van der Waals surface area (Å²) in [5, 5.41) is 114. The normalized spacial score (nSPS) is 6.12. The second kappa shape index (κ2) is 49.6. The number of nitrogens with one attached hydrogen (secondary N) is 1. The molecule has 0 aromatic carbocycles. The van der Waals surface area contributed by atoms with Crippen LogP contribution in [-0.2, 0) is 0 Å². The minimum atomic E-state index is -2.92. The van der Waals surface area contributed by atoms with Gasteiger partial charge in [0.05, 0.1) is 0 Å². The van der Waals surface area contributed by atoms with Gasteiger partial charge in [-0.05, 0) is 14.1 Å². The van der Waals surface area contributed by atoms with Crippen LogP contribution in [0.25, 0.3) is 0 Å². The van der Waals surface area contributed by atoms with E-state index in [2.05, 4.69) is 5.32 Å². The molecule has 0 fully saturated rings. The van der Waals surface area contributed by atoms with E-state index in [9.17, 15) is 0 Å². The zero-order valence-corrected chi connectivity index (χ0v) is 14.2. The molecule has 25 heavy (non-hydrogen) atoms. The van der Waals surface area contributed by atoms with E-state index in [1.54, 1.807) is 0 Å². The molecule has 0 rings (SSSR count). The van der Waals surface area contributed by atoms with Gasteiger partial charge >= 0.3 is 46.6 Å². The van der Waals surface area contributed by atoms with Crippen LogP contribution in [0.1, 0.15) is 0 Å². The second-order valence-electron chi connectivity index (χ2n) is 2.17. The van der Waals surface area contributed by atoms with E-state index in [1.165, 1.54) is 0 Å². The first-order chi connectivity index (χ1) is 10.1. The fourth-order valence-corrected chi connectivity index (χ4v) is 0. The van der Waals surface area contributed by atoms with Gasteiger partial charge in [0.15, 0.2) is 0 Å². The van der Waals surface area contributed by atoms with Crippen LogP contribution >= 0.6 is 0 Å². The molecule has 0 aliphatic rings. The van der Waals surface area contributed by atoms with Crippen LogP contribution in [0, 0.1) is 0 Å². The first-order valence-corrected chi connectivity index (χ1v) is 4.81. The quantitative estimate of drug-likeness (QED) is 0.169. The zero-order valence-electron chi connectivity index (χ0n) is 13.1. The molecule has 0 unspecified atom stereocenters. The molecule has 23 heteroatoms. The van der Waals surface area contributed by atoms with Gasteiger partial charge in [-0.2, -0.15) is 0 Å². The Morgan fingerprint density at radius 2 is 0.520 bits per heavy atom. The third kappa shape index (κ3) is 379000. The summed E-state index contributed by atoms with van der Waals surface area (Å²) in [6.07, 6.45) is 0. The van der Waals surface area contributed by atoms with Crippen LogP contribution in [0.5, 0.6) is 0 Å². The van der Waals surface area contributed by atoms with E-state index in [-0.39, 0.29) is 22.8 Å². The van der Waals surface area contributed by atoms with Crippen molar-refractivity contribution in [3.63, 3.8) is 0 Å². The maximum atomic E-state index is 8.42. The molecule has 0 aromatic rings. The van der Waals surface area contributed by atoms with Crippen LogP contribution in [-0.4, -0.2) is 134 Å². The minimum absolute atomic E-state index is 0. The Hall–Kier alpha value is 0.177. The van der Waals surface area contributed by atoms with Crippen molar-refractivity contribution in [2.45, 2.75) is 0 Å². The second-order valence-corrected chi connectivity index (χ2v) is 2.17. The van der Waals surface area contributed by atoms with Gasteiger partial charge in [0, 0.05) is 0 Å². The van der Waals surface area contributed by atoms with Crippen molar-refractivity contribution < 1.29 is 80.8 Å². The number of hydrogen-bond donors (Lipinski definition) is 13. The maximum Gasteiger partial charge on any atom is 3.00 e. The van der Waals surface area contributed by atoms with Crippen LogP contribution < -0.4 is 20.4 Å². The van der Waals surface area contributed by atoms with Crippen LogP contribution in [0.3, 0.4) is 0 Å². The van der Waals surface area contributed by atoms with Crippen molar-refractivity contribution in [3.05, 3.63) is 0 Å². The summed E-state index contributed by atoms with van der Waals surface area (Å²) in [5.41, 5.74) is 0. The van der Waals surface area contributed by atoms with Crippen LogP contribution in [0.2, 0.25) is 0 Å². The summed E-state index contributed by atoms with van der Waals surface area (Å²) in [4.78, 5) is 0. The summed E-state index contributed by atoms with van der Waals surface area (Å²) >= 11 is 0. The van der Waals surface area contributed by atoms with Crippen LogP contribution in [0.15, 0.2) is 0 Å². The Kier molecular flexibility index (Phi) is 99.0. The molecule has 0 radical (unpaired) electrons. The Bertz CT molecular complexity index is 108. The molecule has 0 bridgehead atoms. The van der Waals surface area contributed by atoms with Gasteiger partial charge in [-0.1, -0.05) is 0 Å². The third-order valence-electron chi connectivity index (χ3n) is 0. The predicted molar refractivity (Wildman–Crippen MR) is 79.7 cm³/mol. The molecule has 17 nitrogen and oxygen atoms in total. The van der Waals surface area contributed by atoms with Crippen LogP contribution in [0.4, 0.5) is 0 Å². The van der Waals surface area contributed by atoms with Gasteiger partial charge in [0.2, 0.25) is 0 Å². The topological polar surface area (TPSA) is 355 Å². The average Bonchev–Trinajstić information content (AvgIpc) is 2.11. The largest absolute Gasteiger partial charge is 3.00 e. The number of rotatable bonds is 0. The van der Waals surface area contributed by atoms with E-state index in [0.717, 1.165) is 0 Å². The molecule has 15 N–H and O–H groups in total. The van der Waals surface area contributed by atoms with Gasteiger partial charge < -0.3 is 86.2 Å². The Morgan fingerprint density at radius 3 is 0.520 bits per heavy atom. The van der Waals surface area contributed by atoms with Gasteiger partial charge in [-0.25, -0.2) is 0 Å². The summed E-state index contributed by atoms with van der Waals surface area (Å²) in [6.45, 7) is 0. The Labute approximate surface area is 155 Å². The zero-order chi connectivity index (χ0) is 20.6. The van der Waals surface area contributed by atoms with Crippen molar-refractivity contribution >= 4 is 54.0 Å². The van der Waals surface area contributed by atoms with Crippen molar-refractivity contribution in [2.75, 3.05) is 14.1 Å². The molecule has 0 aromatic heterocycles. The smallest absolute Gasteiger partial charge is 0.907 e. The molecule has 0 heterocycles. The van der Waals surface area contributed by atoms with Gasteiger partial charge in [0.1, 0.15) is 0 Å². The van der Waals surface area contributed by atoms with Crippen molar-refractivity contribution in [2.24, 2.45) is 0 Å². The first kappa shape index (κ1) is 49.9. The van der Waals surface area contributed by atoms with Crippen molar-refractivity contribution in [1.82, 2.24) is 5.32 Å². The predicted octanol–water partition coefficient (Wildman–Crippen LogP) is -13.5. The third-order valence-corrected chi connectivity index (χ3v) is 0. The van der Waals surface area contributed by atoms with E-state index in [0.29, 0.717) is 0 Å². The molecular weight excluding hydrogens is 375 g/mol. The summed E-state index contributed by atoms with van der Waals surface area (Å²) < 4.78 is 0. The van der Waals surface area contributed by atoms with E-state index in [4.69, 9.17) is 75.4 Å². The molecule has 148 valence electrons. The van der Waals surface area contributed by atoms with E-state index >= 15 is 0 Å². The summed E-state index contributed by atoms with van der Waals surface area (Å²) in [5.74, 6) is 0. The average molecular weight is 396 g/mol. The summed E-state index contributed by atoms with van der Waals surface area (Å²) in [6, 6.07) is 0. The van der Waals surface area contributed by atoms with Crippen molar-refractivity contribution in [3.8, 4) is 0 Å². The number of hydrogen-bond acceptors (Lipinski definition) is 16. The molecule has 0 spiro atoms. The molecule has 0 amide bonds. The van der Waals surface area contributed by atoms with E-state index in [1.807, 2.05) is 14.1 Å². The Balaban J connectivity index is -0.0000000228. The monoisotopic (exact) mass is 397 g/mol. The first-order valence-electron chi connectivity index (χ1n) is 4.81. The van der Waals surface area contributed by atoms with Gasteiger partial charge in [-0.15, -0.1) is 0 Å². The molecule has 0 saturated carbocycles. The van der Waals surface area contributed by atoms with Gasteiger partial charge in [-0.3, -0.25) is 7.32 Å². The van der Waals surface area contributed by atoms with Crippen molar-refractivity contribution in [1.29, 1.82) is 0 Å². The molecular formula is C2H21AlB5NO16. The maximum absolute atomic E-state index is 8.42. The minimum Gasteiger partial charge on any atom is -0.907 e. The molecule has 0 aliphatic carbocycles. The standard InChI is InChI=1S/C2H7N.Al.4BH3O3.BO3.H2O/c1-3-2;;5*2-1(3)4;/h3H,1-2H3;;4*2-4H;;1H2/q;+3;;;;;-3;. The fraction of sp³-hybridized carbons (Fsp3) is 1.00. The molecule has 0 aliphatic heterocycles. The summed E-state index contributed by atoms with van der Waals surface area (Å²) in [7, 11) is -7.83. The Morgan fingerprint density at radius 1 is 0.520 bits per heavy atom. The molecule has 0 saturated heterocycles. The SMILES string of the molecule is CNC.O.OB(O)O.OB(O)O.OB(O)O.OB(O)O.[Al+3].[O-]B([O-])[O-]. The fourth-order valence-electron chi connectivity index (χ4n) is 0. The van der Waals surface area contributed by atoms with Gasteiger partial charge in [0.25, 0.3) is 0 Å². The molecule has 0 atom stereocenters.